The smallest absolute Gasteiger partial charge is 0.334 e. The monoisotopic (exact) mass is 322 g/mol. The molecule has 1 aliphatic rings. The van der Waals surface area contributed by atoms with E-state index in [1.54, 1.807) is 7.11 Å². The Morgan fingerprint density at radius 3 is 3.04 bits per heavy atom. The summed E-state index contributed by atoms with van der Waals surface area (Å²) in [6.45, 7) is 1.27. The minimum Gasteiger partial charge on any atom is -0.497 e. The molecule has 2 rings (SSSR count). The summed E-state index contributed by atoms with van der Waals surface area (Å²) in [5, 5.41) is 11.7. The number of benzene rings is 1. The van der Waals surface area contributed by atoms with E-state index in [4.69, 9.17) is 14.6 Å². The molecule has 0 spiro atoms. The molecule has 1 aromatic carbocycles. The number of urea groups is 1. The van der Waals surface area contributed by atoms with E-state index in [1.165, 1.54) is 4.90 Å². The maximum atomic E-state index is 12.0. The lowest BCUT2D eigenvalue weighted by molar-refractivity contribution is -0.154. The summed E-state index contributed by atoms with van der Waals surface area (Å²) in [6.07, 6.45) is 0.690. The van der Waals surface area contributed by atoms with Crippen molar-refractivity contribution in [1.29, 1.82) is 0 Å². The number of methoxy groups -OCH3 is 1. The fourth-order valence-corrected chi connectivity index (χ4v) is 2.41. The van der Waals surface area contributed by atoms with Gasteiger partial charge in [-0.25, -0.2) is 9.59 Å². The Morgan fingerprint density at radius 2 is 2.30 bits per heavy atom. The summed E-state index contributed by atoms with van der Waals surface area (Å²) in [5.74, 6) is -0.222. The summed E-state index contributed by atoms with van der Waals surface area (Å²) >= 11 is 0. The van der Waals surface area contributed by atoms with E-state index in [-0.39, 0.29) is 19.2 Å². The van der Waals surface area contributed by atoms with Crippen LogP contribution >= 0.6 is 0 Å². The fraction of sp³-hybridized carbons (Fsp3) is 0.500. The zero-order chi connectivity index (χ0) is 16.7. The first-order valence-electron chi connectivity index (χ1n) is 7.60. The van der Waals surface area contributed by atoms with Crippen LogP contribution in [0.15, 0.2) is 24.3 Å². The molecule has 1 unspecified atom stereocenters. The number of rotatable bonds is 6. The lowest BCUT2D eigenvalue weighted by Crippen LogP contribution is -2.51. The number of amides is 2. The number of nitrogens with one attached hydrogen (secondary N) is 1. The van der Waals surface area contributed by atoms with Gasteiger partial charge in [0.1, 0.15) is 5.75 Å². The van der Waals surface area contributed by atoms with E-state index in [1.807, 2.05) is 24.3 Å². The Bertz CT molecular complexity index is 549. The van der Waals surface area contributed by atoms with Crippen LogP contribution in [0.4, 0.5) is 4.79 Å². The van der Waals surface area contributed by atoms with Gasteiger partial charge in [-0.1, -0.05) is 12.1 Å². The van der Waals surface area contributed by atoms with E-state index in [2.05, 4.69) is 5.32 Å². The first-order chi connectivity index (χ1) is 11.1. The molecule has 7 nitrogen and oxygen atoms in total. The van der Waals surface area contributed by atoms with Gasteiger partial charge in [-0.05, 0) is 30.5 Å². The highest BCUT2D eigenvalue weighted by molar-refractivity contribution is 5.77. The van der Waals surface area contributed by atoms with Crippen molar-refractivity contribution in [2.24, 2.45) is 0 Å². The third-order valence-electron chi connectivity index (χ3n) is 3.68. The van der Waals surface area contributed by atoms with Gasteiger partial charge >= 0.3 is 12.0 Å². The zero-order valence-corrected chi connectivity index (χ0v) is 13.2. The van der Waals surface area contributed by atoms with E-state index in [0.717, 1.165) is 24.2 Å². The number of carbonyl (C=O) groups is 2. The van der Waals surface area contributed by atoms with Crippen LogP contribution in [-0.2, 0) is 16.0 Å². The van der Waals surface area contributed by atoms with Crippen molar-refractivity contribution in [3.05, 3.63) is 29.8 Å². The van der Waals surface area contributed by atoms with Crippen molar-refractivity contribution in [3.63, 3.8) is 0 Å². The molecule has 1 aliphatic heterocycles. The van der Waals surface area contributed by atoms with Gasteiger partial charge in [-0.3, -0.25) is 0 Å². The maximum Gasteiger partial charge on any atom is 0.334 e. The van der Waals surface area contributed by atoms with Crippen LogP contribution in [0.2, 0.25) is 0 Å². The molecule has 23 heavy (non-hydrogen) atoms. The average Bonchev–Trinajstić information content (AvgIpc) is 2.58. The zero-order valence-electron chi connectivity index (χ0n) is 13.2. The van der Waals surface area contributed by atoms with Crippen molar-refractivity contribution < 1.29 is 24.2 Å². The van der Waals surface area contributed by atoms with Crippen LogP contribution in [-0.4, -0.2) is 61.5 Å². The van der Waals surface area contributed by atoms with Gasteiger partial charge in [0, 0.05) is 13.1 Å². The van der Waals surface area contributed by atoms with Gasteiger partial charge < -0.3 is 24.8 Å². The molecule has 0 bridgehead atoms. The molecule has 0 aromatic heterocycles. The van der Waals surface area contributed by atoms with E-state index < -0.39 is 12.1 Å². The van der Waals surface area contributed by atoms with Crippen LogP contribution in [0, 0.1) is 0 Å². The van der Waals surface area contributed by atoms with E-state index >= 15 is 0 Å². The molecule has 1 heterocycles. The highest BCUT2D eigenvalue weighted by Crippen LogP contribution is 2.13. The molecule has 7 heteroatoms. The third kappa shape index (κ3) is 5.14. The molecular formula is C16H22N2O5. The summed E-state index contributed by atoms with van der Waals surface area (Å²) in [7, 11) is 1.63. The first-order valence-corrected chi connectivity index (χ1v) is 7.60. The van der Waals surface area contributed by atoms with Crippen molar-refractivity contribution >= 4 is 12.0 Å². The number of hydrogen-bond donors (Lipinski definition) is 2. The van der Waals surface area contributed by atoms with Gasteiger partial charge in [-0.15, -0.1) is 0 Å². The molecule has 1 aromatic rings. The number of nitrogens with zero attached hydrogens (tertiary/aromatic N) is 1. The Hall–Kier alpha value is -2.28. The quantitative estimate of drug-likeness (QED) is 0.766. The Kier molecular flexibility index (Phi) is 6.22. The summed E-state index contributed by atoms with van der Waals surface area (Å²) in [6, 6.07) is 7.57. The van der Waals surface area contributed by atoms with Crippen LogP contribution in [0.5, 0.6) is 5.75 Å². The molecule has 2 amide bonds. The van der Waals surface area contributed by atoms with Crippen LogP contribution < -0.4 is 10.1 Å². The minimum absolute atomic E-state index is 0.0804. The van der Waals surface area contributed by atoms with Crippen LogP contribution in [0.25, 0.3) is 0 Å². The molecular weight excluding hydrogens is 300 g/mol. The Balaban J connectivity index is 1.71. The van der Waals surface area contributed by atoms with Gasteiger partial charge in [0.05, 0.1) is 20.3 Å². The van der Waals surface area contributed by atoms with Gasteiger partial charge in [0.25, 0.3) is 0 Å². The molecule has 0 aliphatic carbocycles. The standard InChI is InChI=1S/C16H22N2O5/c1-22-13-6-2-4-12(10-13)5-3-7-17-16(21)18-8-9-23-14(11-18)15(19)20/h2,4,6,10,14H,3,5,7-9,11H2,1H3,(H,17,21)(H,19,20). The molecule has 1 fully saturated rings. The second kappa shape index (κ2) is 8.38. The summed E-state index contributed by atoms with van der Waals surface area (Å²) in [5.41, 5.74) is 1.15. The highest BCUT2D eigenvalue weighted by Gasteiger charge is 2.28. The van der Waals surface area contributed by atoms with Crippen molar-refractivity contribution in [3.8, 4) is 5.75 Å². The number of carbonyl (C=O) groups excluding carboxylic acids is 1. The van der Waals surface area contributed by atoms with Crippen molar-refractivity contribution in [2.45, 2.75) is 18.9 Å². The van der Waals surface area contributed by atoms with Crippen molar-refractivity contribution in [1.82, 2.24) is 10.2 Å². The number of ether oxygens (including phenoxy) is 2. The molecule has 126 valence electrons. The minimum atomic E-state index is -1.04. The van der Waals surface area contributed by atoms with Gasteiger partial charge in [-0.2, -0.15) is 0 Å². The maximum absolute atomic E-state index is 12.0. The Morgan fingerprint density at radius 1 is 1.48 bits per heavy atom. The molecule has 2 N–H and O–H groups in total. The summed E-state index contributed by atoms with van der Waals surface area (Å²) < 4.78 is 10.3. The van der Waals surface area contributed by atoms with Crippen LogP contribution in [0.1, 0.15) is 12.0 Å². The number of carboxylic acids is 1. The van der Waals surface area contributed by atoms with Gasteiger partial charge in [0.15, 0.2) is 6.10 Å². The lowest BCUT2D eigenvalue weighted by Gasteiger charge is -2.30. The van der Waals surface area contributed by atoms with E-state index in [0.29, 0.717) is 13.1 Å². The second-order valence-electron chi connectivity index (χ2n) is 5.33. The second-order valence-corrected chi connectivity index (χ2v) is 5.33. The average molecular weight is 322 g/mol. The predicted octanol–water partition coefficient (Wildman–Crippen LogP) is 1.12. The topological polar surface area (TPSA) is 88.1 Å². The van der Waals surface area contributed by atoms with Crippen molar-refractivity contribution in [2.75, 3.05) is 33.4 Å². The molecule has 0 saturated carbocycles. The normalized spacial score (nSPS) is 17.6. The number of aryl methyl sites for hydroxylation is 1. The molecule has 1 saturated heterocycles. The first kappa shape index (κ1) is 17.1. The summed E-state index contributed by atoms with van der Waals surface area (Å²) in [4.78, 5) is 24.4. The Labute approximate surface area is 135 Å². The fourth-order valence-electron chi connectivity index (χ4n) is 2.41. The number of carboxylic acid groups (broad SMARTS) is 1. The molecule has 0 radical (unpaired) electrons. The molecule has 1 atom stereocenters. The number of hydrogen-bond acceptors (Lipinski definition) is 4. The third-order valence-corrected chi connectivity index (χ3v) is 3.68. The highest BCUT2D eigenvalue weighted by atomic mass is 16.5. The number of morpholine rings is 1. The van der Waals surface area contributed by atoms with E-state index in [9.17, 15) is 9.59 Å². The predicted molar refractivity (Wildman–Crippen MR) is 83.7 cm³/mol. The SMILES string of the molecule is COc1cccc(CCCNC(=O)N2CCOC(C(=O)O)C2)c1. The lowest BCUT2D eigenvalue weighted by atomic mass is 10.1. The number of aliphatic carboxylic acids is 1. The largest absolute Gasteiger partial charge is 0.497 e. The van der Waals surface area contributed by atoms with Gasteiger partial charge in [0.2, 0.25) is 0 Å². The van der Waals surface area contributed by atoms with Crippen LogP contribution in [0.3, 0.4) is 0 Å².